The zero-order valence-corrected chi connectivity index (χ0v) is 15.0. The predicted octanol–water partition coefficient (Wildman–Crippen LogP) is 2.10. The maximum atomic E-state index is 13.0. The number of aliphatic carboxylic acids is 1. The molecule has 2 amide bonds. The third-order valence-corrected chi connectivity index (χ3v) is 4.82. The van der Waals surface area contributed by atoms with Crippen LogP contribution in [0.3, 0.4) is 0 Å². The number of benzene rings is 2. The Morgan fingerprint density at radius 1 is 1.04 bits per heavy atom. The molecule has 0 bridgehead atoms. The maximum Gasteiger partial charge on any atom is 0.307 e. The molecule has 0 saturated heterocycles. The molecule has 3 atom stereocenters. The summed E-state index contributed by atoms with van der Waals surface area (Å²) in [5, 5.41) is 11.8. The van der Waals surface area contributed by atoms with E-state index < -0.39 is 23.8 Å². The normalized spacial score (nSPS) is 19.0. The van der Waals surface area contributed by atoms with E-state index in [2.05, 4.69) is 5.32 Å². The number of nitrogens with one attached hydrogen (secondary N) is 1. The smallest absolute Gasteiger partial charge is 0.307 e. The van der Waals surface area contributed by atoms with E-state index in [0.717, 1.165) is 11.3 Å². The molecule has 27 heavy (non-hydrogen) atoms. The number of hydrogen-bond acceptors (Lipinski definition) is 3. The molecular weight excluding hydrogens is 344 g/mol. The molecule has 3 rings (SSSR count). The summed E-state index contributed by atoms with van der Waals surface area (Å²) >= 11 is 0. The number of rotatable bonds is 7. The molecule has 0 aromatic heterocycles. The summed E-state index contributed by atoms with van der Waals surface area (Å²) in [4.78, 5) is 38.0. The van der Waals surface area contributed by atoms with Crippen molar-refractivity contribution in [2.75, 3.05) is 11.9 Å². The van der Waals surface area contributed by atoms with Gasteiger partial charge < -0.3 is 15.3 Å². The Morgan fingerprint density at radius 2 is 1.63 bits per heavy atom. The largest absolute Gasteiger partial charge is 0.481 e. The molecule has 2 aromatic rings. The fourth-order valence-corrected chi connectivity index (χ4v) is 3.10. The van der Waals surface area contributed by atoms with Crippen molar-refractivity contribution in [2.24, 2.45) is 11.8 Å². The first-order chi connectivity index (χ1) is 13.0. The molecule has 6 nitrogen and oxygen atoms in total. The van der Waals surface area contributed by atoms with Crippen molar-refractivity contribution in [1.29, 1.82) is 0 Å². The molecule has 140 valence electrons. The Balaban J connectivity index is 1.76. The summed E-state index contributed by atoms with van der Waals surface area (Å²) in [7, 11) is 1.67. The van der Waals surface area contributed by atoms with Gasteiger partial charge in [0, 0.05) is 19.2 Å². The van der Waals surface area contributed by atoms with Crippen LogP contribution in [-0.2, 0) is 20.8 Å². The van der Waals surface area contributed by atoms with Gasteiger partial charge in [-0.2, -0.15) is 0 Å². The maximum absolute atomic E-state index is 13.0. The fraction of sp³-hybridized carbons (Fsp3) is 0.286. The van der Waals surface area contributed by atoms with Crippen LogP contribution in [0.4, 0.5) is 5.69 Å². The van der Waals surface area contributed by atoms with Crippen molar-refractivity contribution in [3.63, 3.8) is 0 Å². The average Bonchev–Trinajstić information content (AvgIpc) is 3.49. The Labute approximate surface area is 157 Å². The number of anilines is 1. The Hall–Kier alpha value is -3.15. The van der Waals surface area contributed by atoms with E-state index in [1.807, 2.05) is 60.7 Å². The molecule has 0 radical (unpaired) electrons. The standard InChI is InChI=1S/C21H22N2O4/c1-23(15-10-6-3-7-11-15)20(25)18(12-14-8-4-2-5-9-14)22-19(24)16-13-17(16)21(26)27/h2-11,16-18H,12-13H2,1H3,(H,22,24)(H,26,27)/t16?,17?,18-/m0/s1. The van der Waals surface area contributed by atoms with E-state index in [1.165, 1.54) is 4.90 Å². The molecule has 2 N–H and O–H groups in total. The van der Waals surface area contributed by atoms with Gasteiger partial charge in [0.05, 0.1) is 11.8 Å². The minimum Gasteiger partial charge on any atom is -0.481 e. The molecule has 0 aliphatic heterocycles. The monoisotopic (exact) mass is 366 g/mol. The van der Waals surface area contributed by atoms with Crippen LogP contribution in [0.15, 0.2) is 60.7 Å². The first-order valence-corrected chi connectivity index (χ1v) is 8.87. The van der Waals surface area contributed by atoms with Crippen LogP contribution in [0.5, 0.6) is 0 Å². The second-order valence-electron chi connectivity index (χ2n) is 6.77. The molecule has 1 fully saturated rings. The van der Waals surface area contributed by atoms with Gasteiger partial charge in [0.15, 0.2) is 0 Å². The van der Waals surface area contributed by atoms with Crippen LogP contribution in [0.2, 0.25) is 0 Å². The number of carboxylic acid groups (broad SMARTS) is 1. The van der Waals surface area contributed by atoms with Crippen LogP contribution < -0.4 is 10.2 Å². The second-order valence-corrected chi connectivity index (χ2v) is 6.77. The van der Waals surface area contributed by atoms with Crippen LogP contribution >= 0.6 is 0 Å². The number of hydrogen-bond donors (Lipinski definition) is 2. The third-order valence-electron chi connectivity index (χ3n) is 4.82. The molecule has 1 aliphatic rings. The SMILES string of the molecule is CN(C(=O)[C@H](Cc1ccccc1)NC(=O)C1CC1C(=O)O)c1ccccc1. The minimum absolute atomic E-state index is 0.245. The Kier molecular flexibility index (Phi) is 5.54. The lowest BCUT2D eigenvalue weighted by Crippen LogP contribution is -2.49. The van der Waals surface area contributed by atoms with E-state index in [9.17, 15) is 14.4 Å². The average molecular weight is 366 g/mol. The lowest BCUT2D eigenvalue weighted by atomic mass is 10.0. The molecule has 0 heterocycles. The molecule has 2 unspecified atom stereocenters. The van der Waals surface area contributed by atoms with Crippen molar-refractivity contribution in [3.05, 3.63) is 66.2 Å². The van der Waals surface area contributed by atoms with Gasteiger partial charge >= 0.3 is 5.97 Å². The first-order valence-electron chi connectivity index (χ1n) is 8.87. The molecular formula is C21H22N2O4. The summed E-state index contributed by atoms with van der Waals surface area (Å²) in [6, 6.07) is 17.8. The highest BCUT2D eigenvalue weighted by Gasteiger charge is 2.49. The van der Waals surface area contributed by atoms with Gasteiger partial charge in [-0.3, -0.25) is 14.4 Å². The van der Waals surface area contributed by atoms with Crippen LogP contribution in [-0.4, -0.2) is 36.0 Å². The number of likely N-dealkylation sites (N-methyl/N-ethyl adjacent to an activating group) is 1. The van der Waals surface area contributed by atoms with Gasteiger partial charge in [-0.25, -0.2) is 0 Å². The van der Waals surface area contributed by atoms with Gasteiger partial charge in [-0.05, 0) is 24.1 Å². The third kappa shape index (κ3) is 4.53. The predicted molar refractivity (Wildman–Crippen MR) is 101 cm³/mol. The lowest BCUT2D eigenvalue weighted by Gasteiger charge is -2.25. The summed E-state index contributed by atoms with van der Waals surface area (Å²) in [6.07, 6.45) is 0.662. The summed E-state index contributed by atoms with van der Waals surface area (Å²) in [5.41, 5.74) is 1.65. The van der Waals surface area contributed by atoms with E-state index in [-0.39, 0.29) is 11.8 Å². The van der Waals surface area contributed by atoms with Crippen molar-refractivity contribution < 1.29 is 19.5 Å². The molecule has 1 saturated carbocycles. The highest BCUT2D eigenvalue weighted by atomic mass is 16.4. The van der Waals surface area contributed by atoms with E-state index in [1.54, 1.807) is 7.05 Å². The summed E-state index contributed by atoms with van der Waals surface area (Å²) < 4.78 is 0. The molecule has 0 spiro atoms. The minimum atomic E-state index is -0.970. The Morgan fingerprint density at radius 3 is 2.19 bits per heavy atom. The number of carboxylic acids is 1. The molecule has 1 aliphatic carbocycles. The number of para-hydroxylation sites is 1. The number of amides is 2. The quantitative estimate of drug-likeness (QED) is 0.786. The van der Waals surface area contributed by atoms with Crippen molar-refractivity contribution >= 4 is 23.5 Å². The zero-order valence-electron chi connectivity index (χ0n) is 15.0. The topological polar surface area (TPSA) is 86.7 Å². The Bertz CT molecular complexity index is 823. The first kappa shape index (κ1) is 18.6. The van der Waals surface area contributed by atoms with Crippen molar-refractivity contribution in [3.8, 4) is 0 Å². The summed E-state index contributed by atoms with van der Waals surface area (Å²) in [6.45, 7) is 0. The number of carbonyl (C=O) groups is 3. The van der Waals surface area contributed by atoms with E-state index >= 15 is 0 Å². The van der Waals surface area contributed by atoms with Crippen molar-refractivity contribution in [2.45, 2.75) is 18.9 Å². The van der Waals surface area contributed by atoms with Gasteiger partial charge in [0.1, 0.15) is 6.04 Å². The summed E-state index contributed by atoms with van der Waals surface area (Å²) in [5.74, 6) is -2.80. The van der Waals surface area contributed by atoms with Crippen LogP contribution in [0.25, 0.3) is 0 Å². The number of carbonyl (C=O) groups excluding carboxylic acids is 2. The van der Waals surface area contributed by atoms with Gasteiger partial charge in [-0.1, -0.05) is 48.5 Å². The van der Waals surface area contributed by atoms with Gasteiger partial charge in [-0.15, -0.1) is 0 Å². The van der Waals surface area contributed by atoms with Gasteiger partial charge in [0.25, 0.3) is 0 Å². The molecule has 2 aromatic carbocycles. The van der Waals surface area contributed by atoms with E-state index in [0.29, 0.717) is 12.8 Å². The zero-order chi connectivity index (χ0) is 19.4. The van der Waals surface area contributed by atoms with Crippen LogP contribution in [0.1, 0.15) is 12.0 Å². The lowest BCUT2D eigenvalue weighted by molar-refractivity contribution is -0.140. The molecule has 6 heteroatoms. The van der Waals surface area contributed by atoms with Crippen LogP contribution in [0, 0.1) is 11.8 Å². The van der Waals surface area contributed by atoms with Crippen molar-refractivity contribution in [1.82, 2.24) is 5.32 Å². The second kappa shape index (κ2) is 8.03. The highest BCUT2D eigenvalue weighted by molar-refractivity contribution is 6.00. The highest BCUT2D eigenvalue weighted by Crippen LogP contribution is 2.38. The van der Waals surface area contributed by atoms with E-state index in [4.69, 9.17) is 5.11 Å². The number of nitrogens with zero attached hydrogens (tertiary/aromatic N) is 1. The van der Waals surface area contributed by atoms with Gasteiger partial charge in [0.2, 0.25) is 11.8 Å². The fourth-order valence-electron chi connectivity index (χ4n) is 3.10.